The summed E-state index contributed by atoms with van der Waals surface area (Å²) in [4.78, 5) is 10.4. The molecule has 0 fully saturated rings. The Morgan fingerprint density at radius 3 is 3.25 bits per heavy atom. The number of carbonyl (C=O) groups excluding carboxylic acids is 1. The molecule has 0 saturated carbocycles. The van der Waals surface area contributed by atoms with Gasteiger partial charge in [-0.05, 0) is 30.2 Å². The summed E-state index contributed by atoms with van der Waals surface area (Å²) in [6.07, 6.45) is 1.85. The molecule has 0 bridgehead atoms. The van der Waals surface area contributed by atoms with Crippen molar-refractivity contribution in [1.82, 2.24) is 0 Å². The molecule has 1 aromatic carbocycles. The lowest BCUT2D eigenvalue weighted by atomic mass is 10.1. The Labute approximate surface area is 75.1 Å². The molecule has 2 rings (SSSR count). The van der Waals surface area contributed by atoms with E-state index in [4.69, 9.17) is 4.18 Å². The molecule has 62 valence electrons. The molecule has 0 unspecified atom stereocenters. The lowest BCUT2D eigenvalue weighted by molar-refractivity contribution is 0.112. The number of rotatable bonds is 1. The Balaban J connectivity index is 2.42. The summed E-state index contributed by atoms with van der Waals surface area (Å²) in [5.74, 6) is 1.87. The van der Waals surface area contributed by atoms with Crippen molar-refractivity contribution in [3.05, 3.63) is 29.3 Å². The molecule has 2 nitrogen and oxygen atoms in total. The maximum Gasteiger partial charge on any atom is 0.150 e. The fourth-order valence-corrected chi connectivity index (χ4v) is 1.88. The van der Waals surface area contributed by atoms with Gasteiger partial charge >= 0.3 is 0 Å². The van der Waals surface area contributed by atoms with Gasteiger partial charge in [-0.1, -0.05) is 0 Å². The van der Waals surface area contributed by atoms with Crippen LogP contribution in [0.5, 0.6) is 5.75 Å². The Morgan fingerprint density at radius 1 is 1.50 bits per heavy atom. The molecule has 0 spiro atoms. The molecule has 1 aliphatic rings. The highest BCUT2D eigenvalue weighted by Gasteiger charge is 2.10. The Hall–Kier alpha value is -0.960. The Morgan fingerprint density at radius 2 is 2.42 bits per heavy atom. The van der Waals surface area contributed by atoms with E-state index < -0.39 is 0 Å². The molecule has 0 N–H and O–H groups in total. The van der Waals surface area contributed by atoms with E-state index in [1.807, 2.05) is 12.1 Å². The zero-order valence-corrected chi connectivity index (χ0v) is 7.26. The molecule has 0 amide bonds. The van der Waals surface area contributed by atoms with Crippen molar-refractivity contribution in [2.24, 2.45) is 0 Å². The first-order valence-electron chi connectivity index (χ1n) is 3.78. The standard InChI is InChI=1S/C9H8O2S/c10-6-7-1-2-9-8(5-7)3-4-12-11-9/h1-2,5-6H,3-4H2. The van der Waals surface area contributed by atoms with E-state index in [0.29, 0.717) is 0 Å². The normalized spacial score (nSPS) is 14.7. The first-order valence-corrected chi connectivity index (χ1v) is 4.69. The van der Waals surface area contributed by atoms with Crippen LogP contribution in [-0.2, 0) is 6.42 Å². The van der Waals surface area contributed by atoms with Crippen molar-refractivity contribution >= 4 is 18.3 Å². The van der Waals surface area contributed by atoms with Gasteiger partial charge < -0.3 is 4.18 Å². The fraction of sp³-hybridized carbons (Fsp3) is 0.222. The van der Waals surface area contributed by atoms with Gasteiger partial charge in [0.2, 0.25) is 0 Å². The summed E-state index contributed by atoms with van der Waals surface area (Å²) in [5, 5.41) is 0. The molecule has 1 heterocycles. The van der Waals surface area contributed by atoms with Crippen molar-refractivity contribution < 1.29 is 8.98 Å². The van der Waals surface area contributed by atoms with Gasteiger partial charge in [0.15, 0.2) is 0 Å². The summed E-state index contributed by atoms with van der Waals surface area (Å²) in [6.45, 7) is 0. The Kier molecular flexibility index (Phi) is 2.04. The summed E-state index contributed by atoms with van der Waals surface area (Å²) in [7, 11) is 0. The molecular weight excluding hydrogens is 172 g/mol. The highest BCUT2D eigenvalue weighted by atomic mass is 32.2. The molecule has 3 heteroatoms. The third-order valence-electron chi connectivity index (χ3n) is 1.82. The SMILES string of the molecule is O=Cc1ccc2c(c1)CCSO2. The van der Waals surface area contributed by atoms with E-state index in [-0.39, 0.29) is 0 Å². The fourth-order valence-electron chi connectivity index (χ4n) is 1.21. The topological polar surface area (TPSA) is 26.3 Å². The average molecular weight is 180 g/mol. The Bertz CT molecular complexity index is 309. The number of hydrogen-bond acceptors (Lipinski definition) is 3. The van der Waals surface area contributed by atoms with Crippen molar-refractivity contribution in [3.63, 3.8) is 0 Å². The predicted octanol–water partition coefficient (Wildman–Crippen LogP) is 2.08. The molecule has 0 radical (unpaired) electrons. The average Bonchev–Trinajstić information content (AvgIpc) is 2.17. The minimum absolute atomic E-state index is 0.726. The largest absolute Gasteiger partial charge is 0.426 e. The number of aryl methyl sites for hydroxylation is 1. The molecule has 1 aliphatic heterocycles. The smallest absolute Gasteiger partial charge is 0.150 e. The molecule has 1 aromatic rings. The third-order valence-corrected chi connectivity index (χ3v) is 2.49. The van der Waals surface area contributed by atoms with E-state index in [9.17, 15) is 4.79 Å². The van der Waals surface area contributed by atoms with Gasteiger partial charge in [0.1, 0.15) is 12.0 Å². The van der Waals surface area contributed by atoms with Crippen LogP contribution in [0.3, 0.4) is 0 Å². The minimum atomic E-state index is 0.726. The number of carbonyl (C=O) groups is 1. The van der Waals surface area contributed by atoms with E-state index >= 15 is 0 Å². The second-order valence-corrected chi connectivity index (χ2v) is 3.45. The zero-order valence-electron chi connectivity index (χ0n) is 6.45. The minimum Gasteiger partial charge on any atom is -0.426 e. The summed E-state index contributed by atoms with van der Waals surface area (Å²) in [6, 6.07) is 5.52. The predicted molar refractivity (Wildman–Crippen MR) is 48.6 cm³/mol. The molecule has 12 heavy (non-hydrogen) atoms. The third kappa shape index (κ3) is 1.32. The van der Waals surface area contributed by atoms with Crippen LogP contribution in [0.4, 0.5) is 0 Å². The first kappa shape index (κ1) is 7.68. The number of fused-ring (bicyclic) bond motifs is 1. The van der Waals surface area contributed by atoms with E-state index in [2.05, 4.69) is 0 Å². The van der Waals surface area contributed by atoms with Crippen LogP contribution in [0.25, 0.3) is 0 Å². The maximum absolute atomic E-state index is 10.4. The zero-order chi connectivity index (χ0) is 8.39. The van der Waals surface area contributed by atoms with E-state index in [0.717, 1.165) is 35.3 Å². The lowest BCUT2D eigenvalue weighted by Crippen LogP contribution is -2.01. The van der Waals surface area contributed by atoms with Gasteiger partial charge in [0.25, 0.3) is 0 Å². The number of aldehydes is 1. The monoisotopic (exact) mass is 180 g/mol. The van der Waals surface area contributed by atoms with Gasteiger partial charge in [0.05, 0.1) is 12.0 Å². The summed E-state index contributed by atoms with van der Waals surface area (Å²) < 4.78 is 5.32. The molecular formula is C9H8O2S. The first-order chi connectivity index (χ1) is 5.90. The maximum atomic E-state index is 10.4. The summed E-state index contributed by atoms with van der Waals surface area (Å²) in [5.41, 5.74) is 1.86. The number of benzene rings is 1. The van der Waals surface area contributed by atoms with Crippen LogP contribution in [0.1, 0.15) is 15.9 Å². The number of hydrogen-bond donors (Lipinski definition) is 0. The van der Waals surface area contributed by atoms with Crippen molar-refractivity contribution in [2.75, 3.05) is 5.75 Å². The second-order valence-electron chi connectivity index (χ2n) is 2.64. The summed E-state index contributed by atoms with van der Waals surface area (Å²) >= 11 is 1.46. The molecule has 0 aromatic heterocycles. The van der Waals surface area contributed by atoms with Crippen LogP contribution in [0.15, 0.2) is 18.2 Å². The van der Waals surface area contributed by atoms with Gasteiger partial charge in [0, 0.05) is 11.3 Å². The lowest BCUT2D eigenvalue weighted by Gasteiger charge is -2.14. The van der Waals surface area contributed by atoms with Gasteiger partial charge in [-0.15, -0.1) is 0 Å². The van der Waals surface area contributed by atoms with Crippen LogP contribution in [-0.4, -0.2) is 12.0 Å². The van der Waals surface area contributed by atoms with Crippen LogP contribution < -0.4 is 4.18 Å². The molecule has 0 aliphatic carbocycles. The molecule has 0 atom stereocenters. The van der Waals surface area contributed by atoms with Gasteiger partial charge in [-0.3, -0.25) is 4.79 Å². The van der Waals surface area contributed by atoms with Gasteiger partial charge in [-0.25, -0.2) is 0 Å². The quantitative estimate of drug-likeness (QED) is 0.489. The van der Waals surface area contributed by atoms with Crippen molar-refractivity contribution in [3.8, 4) is 5.75 Å². The van der Waals surface area contributed by atoms with Crippen LogP contribution in [0.2, 0.25) is 0 Å². The van der Waals surface area contributed by atoms with E-state index in [1.54, 1.807) is 6.07 Å². The second kappa shape index (κ2) is 3.19. The highest BCUT2D eigenvalue weighted by molar-refractivity contribution is 7.95. The molecule has 0 saturated heterocycles. The van der Waals surface area contributed by atoms with Crippen molar-refractivity contribution in [1.29, 1.82) is 0 Å². The van der Waals surface area contributed by atoms with Crippen molar-refractivity contribution in [2.45, 2.75) is 6.42 Å². The van der Waals surface area contributed by atoms with Gasteiger partial charge in [-0.2, -0.15) is 0 Å². The van der Waals surface area contributed by atoms with Crippen LogP contribution in [0, 0.1) is 0 Å². The van der Waals surface area contributed by atoms with E-state index in [1.165, 1.54) is 12.0 Å². The van der Waals surface area contributed by atoms with Crippen LogP contribution >= 0.6 is 12.0 Å². The highest BCUT2D eigenvalue weighted by Crippen LogP contribution is 2.28.